The van der Waals surface area contributed by atoms with Gasteiger partial charge >= 0.3 is 5.97 Å². The molecule has 0 aliphatic heterocycles. The molecular weight excluding hydrogens is 298 g/mol. The zero-order valence-electron chi connectivity index (χ0n) is 10.4. The predicted molar refractivity (Wildman–Crippen MR) is 73.1 cm³/mol. The van der Waals surface area contributed by atoms with E-state index in [4.69, 9.17) is 0 Å². The molecule has 0 bridgehead atoms. The largest absolute Gasteiger partial charge is 0.469 e. The molecule has 18 heavy (non-hydrogen) atoms. The van der Waals surface area contributed by atoms with Gasteiger partial charge in [0.1, 0.15) is 0 Å². The van der Waals surface area contributed by atoms with Crippen LogP contribution in [0.2, 0.25) is 0 Å². The molecule has 0 amide bonds. The van der Waals surface area contributed by atoms with Crippen molar-refractivity contribution >= 4 is 21.9 Å². The van der Waals surface area contributed by atoms with E-state index >= 15 is 0 Å². The van der Waals surface area contributed by atoms with Gasteiger partial charge in [-0.1, -0.05) is 28.1 Å². The minimum Gasteiger partial charge on any atom is -0.469 e. The van der Waals surface area contributed by atoms with Crippen molar-refractivity contribution in [1.82, 2.24) is 5.32 Å². The molecule has 1 aromatic carbocycles. The molecule has 0 fully saturated rings. The molecule has 0 aromatic heterocycles. The summed E-state index contributed by atoms with van der Waals surface area (Å²) in [7, 11) is 1.35. The highest BCUT2D eigenvalue weighted by Gasteiger charge is 2.07. The highest BCUT2D eigenvalue weighted by atomic mass is 79.9. The summed E-state index contributed by atoms with van der Waals surface area (Å²) in [5.41, 5.74) is 1.15. The lowest BCUT2D eigenvalue weighted by molar-refractivity contribution is -0.141. The molecule has 0 saturated heterocycles. The summed E-state index contributed by atoms with van der Waals surface area (Å²) in [5, 5.41) is 12.8. The maximum atomic E-state index is 10.9. The maximum Gasteiger partial charge on any atom is 0.305 e. The van der Waals surface area contributed by atoms with Crippen LogP contribution in [0.3, 0.4) is 0 Å². The molecule has 4 nitrogen and oxygen atoms in total. The van der Waals surface area contributed by atoms with Crippen molar-refractivity contribution in [3.8, 4) is 0 Å². The molecule has 1 rings (SSSR count). The van der Waals surface area contributed by atoms with E-state index in [0.717, 1.165) is 10.0 Å². The molecule has 0 saturated carbocycles. The fraction of sp³-hybridized carbons (Fsp3) is 0.462. The average Bonchev–Trinajstić information content (AvgIpc) is 2.38. The molecule has 0 radical (unpaired) electrons. The number of rotatable bonds is 7. The molecular formula is C13H18BrNO3. The summed E-state index contributed by atoms with van der Waals surface area (Å²) >= 11 is 3.37. The minimum absolute atomic E-state index is 0.248. The first kappa shape index (κ1) is 15.1. The number of hydrogen-bond acceptors (Lipinski definition) is 4. The summed E-state index contributed by atoms with van der Waals surface area (Å²) in [6.07, 6.45) is 0.136. The summed E-state index contributed by atoms with van der Waals surface area (Å²) in [5.74, 6) is -0.290. The minimum atomic E-state index is -0.528. The van der Waals surface area contributed by atoms with E-state index in [1.54, 1.807) is 0 Å². The Morgan fingerprint density at radius 3 is 2.72 bits per heavy atom. The van der Waals surface area contributed by atoms with Crippen LogP contribution in [0.25, 0.3) is 0 Å². The van der Waals surface area contributed by atoms with Crippen LogP contribution in [-0.2, 0) is 16.1 Å². The van der Waals surface area contributed by atoms with Gasteiger partial charge < -0.3 is 15.2 Å². The van der Waals surface area contributed by atoms with Gasteiger partial charge in [-0.15, -0.1) is 0 Å². The Hall–Kier alpha value is -0.910. The van der Waals surface area contributed by atoms with Crippen molar-refractivity contribution in [1.29, 1.82) is 0 Å². The Balaban J connectivity index is 2.17. The maximum absolute atomic E-state index is 10.9. The lowest BCUT2D eigenvalue weighted by Gasteiger charge is -2.11. The van der Waals surface area contributed by atoms with Gasteiger partial charge in [0.2, 0.25) is 0 Å². The smallest absolute Gasteiger partial charge is 0.305 e. The van der Waals surface area contributed by atoms with Crippen molar-refractivity contribution in [3.05, 3.63) is 34.3 Å². The standard InChI is InChI=1S/C13H18BrNO3/c1-18-13(17)7-6-12(16)9-15-8-10-2-4-11(14)5-3-10/h2-5,12,15-16H,6-9H2,1H3. The topological polar surface area (TPSA) is 58.6 Å². The summed E-state index contributed by atoms with van der Waals surface area (Å²) < 4.78 is 5.56. The van der Waals surface area contributed by atoms with Crippen LogP contribution in [0.15, 0.2) is 28.7 Å². The Morgan fingerprint density at radius 2 is 2.11 bits per heavy atom. The fourth-order valence-corrected chi connectivity index (χ4v) is 1.74. The first-order chi connectivity index (χ1) is 8.61. The molecule has 1 unspecified atom stereocenters. The molecule has 1 aromatic rings. The number of aliphatic hydroxyl groups is 1. The molecule has 100 valence electrons. The van der Waals surface area contributed by atoms with E-state index in [1.165, 1.54) is 7.11 Å². The number of esters is 1. The van der Waals surface area contributed by atoms with Crippen LogP contribution < -0.4 is 5.32 Å². The number of ether oxygens (including phenoxy) is 1. The second kappa shape index (κ2) is 8.24. The number of aliphatic hydroxyl groups excluding tert-OH is 1. The third-order valence-corrected chi connectivity index (χ3v) is 3.06. The molecule has 0 aliphatic carbocycles. The zero-order valence-corrected chi connectivity index (χ0v) is 11.9. The van der Waals surface area contributed by atoms with Crippen molar-refractivity contribution in [2.24, 2.45) is 0 Å². The number of carbonyl (C=O) groups excluding carboxylic acids is 1. The molecule has 2 N–H and O–H groups in total. The lowest BCUT2D eigenvalue weighted by atomic mass is 10.2. The molecule has 0 aliphatic rings. The van der Waals surface area contributed by atoms with Crippen LogP contribution in [0.4, 0.5) is 0 Å². The number of hydrogen-bond donors (Lipinski definition) is 2. The average molecular weight is 316 g/mol. The van der Waals surface area contributed by atoms with Gasteiger partial charge in [-0.3, -0.25) is 4.79 Å². The Labute approximate surface area is 115 Å². The second-order valence-corrected chi connectivity index (χ2v) is 4.94. The molecule has 5 heteroatoms. The summed E-state index contributed by atoms with van der Waals surface area (Å²) in [4.78, 5) is 10.9. The predicted octanol–water partition coefficient (Wildman–Crippen LogP) is 1.85. The van der Waals surface area contributed by atoms with Gasteiger partial charge in [0.05, 0.1) is 13.2 Å². The highest BCUT2D eigenvalue weighted by Crippen LogP contribution is 2.10. The highest BCUT2D eigenvalue weighted by molar-refractivity contribution is 9.10. The number of nitrogens with one attached hydrogen (secondary N) is 1. The number of benzene rings is 1. The van der Waals surface area contributed by atoms with Gasteiger partial charge in [-0.2, -0.15) is 0 Å². The number of halogens is 1. The van der Waals surface area contributed by atoms with E-state index in [1.807, 2.05) is 24.3 Å². The van der Waals surface area contributed by atoms with E-state index in [2.05, 4.69) is 26.0 Å². The van der Waals surface area contributed by atoms with Crippen LogP contribution in [0.5, 0.6) is 0 Å². The van der Waals surface area contributed by atoms with E-state index in [9.17, 15) is 9.90 Å². The Bertz CT molecular complexity index is 367. The molecule has 0 spiro atoms. The van der Waals surface area contributed by atoms with Crippen molar-refractivity contribution in [3.63, 3.8) is 0 Å². The first-order valence-electron chi connectivity index (χ1n) is 5.82. The van der Waals surface area contributed by atoms with E-state index in [-0.39, 0.29) is 12.4 Å². The van der Waals surface area contributed by atoms with Gasteiger partial charge in [-0.05, 0) is 24.1 Å². The summed E-state index contributed by atoms with van der Waals surface area (Å²) in [6.45, 7) is 1.16. The van der Waals surface area contributed by atoms with Gasteiger partial charge in [0.25, 0.3) is 0 Å². The van der Waals surface area contributed by atoms with Gasteiger partial charge in [0, 0.05) is 24.0 Å². The van der Waals surface area contributed by atoms with Crippen LogP contribution >= 0.6 is 15.9 Å². The van der Waals surface area contributed by atoms with E-state index < -0.39 is 6.10 Å². The Kier molecular flexibility index (Phi) is 6.93. The second-order valence-electron chi connectivity index (χ2n) is 4.03. The van der Waals surface area contributed by atoms with Crippen molar-refractivity contribution in [2.45, 2.75) is 25.5 Å². The van der Waals surface area contributed by atoms with Crippen LogP contribution in [0.1, 0.15) is 18.4 Å². The SMILES string of the molecule is COC(=O)CCC(O)CNCc1ccc(Br)cc1. The third-order valence-electron chi connectivity index (χ3n) is 2.53. The van der Waals surface area contributed by atoms with Gasteiger partial charge in [0.15, 0.2) is 0 Å². The molecule has 0 heterocycles. The van der Waals surface area contributed by atoms with E-state index in [0.29, 0.717) is 19.5 Å². The zero-order chi connectivity index (χ0) is 13.4. The number of methoxy groups -OCH3 is 1. The quantitative estimate of drug-likeness (QED) is 0.754. The van der Waals surface area contributed by atoms with Crippen molar-refractivity contribution in [2.75, 3.05) is 13.7 Å². The third kappa shape index (κ3) is 6.14. The summed E-state index contributed by atoms with van der Waals surface area (Å²) in [6, 6.07) is 7.98. The fourth-order valence-electron chi connectivity index (χ4n) is 1.47. The van der Waals surface area contributed by atoms with Crippen molar-refractivity contribution < 1.29 is 14.6 Å². The lowest BCUT2D eigenvalue weighted by Crippen LogP contribution is -2.27. The normalized spacial score (nSPS) is 12.2. The Morgan fingerprint density at radius 1 is 1.44 bits per heavy atom. The number of carbonyl (C=O) groups is 1. The monoisotopic (exact) mass is 315 g/mol. The van der Waals surface area contributed by atoms with Crippen LogP contribution in [-0.4, -0.2) is 30.8 Å². The first-order valence-corrected chi connectivity index (χ1v) is 6.61. The molecule has 1 atom stereocenters. The van der Waals surface area contributed by atoms with Gasteiger partial charge in [-0.25, -0.2) is 0 Å². The van der Waals surface area contributed by atoms with Crippen LogP contribution in [0, 0.1) is 0 Å².